The third-order valence-electron chi connectivity index (χ3n) is 4.20. The molecular formula is C20H24N4O3S. The average Bonchev–Trinajstić information content (AvgIpc) is 3.36. The zero-order chi connectivity index (χ0) is 20.1. The number of furan rings is 1. The summed E-state index contributed by atoms with van der Waals surface area (Å²) in [6.45, 7) is 6.36. The summed E-state index contributed by atoms with van der Waals surface area (Å²) >= 11 is 1.39. The summed E-state index contributed by atoms with van der Waals surface area (Å²) in [6, 6.07) is 11.5. The van der Waals surface area contributed by atoms with Crippen LogP contribution in [-0.2, 0) is 11.3 Å². The van der Waals surface area contributed by atoms with Gasteiger partial charge in [-0.25, -0.2) is 0 Å². The molecule has 0 saturated carbocycles. The first-order chi connectivity index (χ1) is 13.5. The number of nitrogens with one attached hydrogen (secondary N) is 1. The van der Waals surface area contributed by atoms with E-state index in [0.29, 0.717) is 11.7 Å². The Labute approximate surface area is 168 Å². The monoisotopic (exact) mass is 400 g/mol. The molecule has 3 rings (SSSR count). The maximum absolute atomic E-state index is 12.4. The van der Waals surface area contributed by atoms with E-state index in [0.717, 1.165) is 22.9 Å². The lowest BCUT2D eigenvalue weighted by Gasteiger charge is -2.16. The van der Waals surface area contributed by atoms with Gasteiger partial charge in [0, 0.05) is 11.6 Å². The van der Waals surface area contributed by atoms with Crippen LogP contribution in [0.4, 0.5) is 0 Å². The van der Waals surface area contributed by atoms with Gasteiger partial charge in [0.15, 0.2) is 11.0 Å². The maximum Gasteiger partial charge on any atom is 0.233 e. The van der Waals surface area contributed by atoms with E-state index in [1.807, 2.05) is 41.8 Å². The minimum Gasteiger partial charge on any atom is -0.497 e. The Kier molecular flexibility index (Phi) is 6.41. The summed E-state index contributed by atoms with van der Waals surface area (Å²) in [5.74, 6) is 2.20. The first-order valence-electron chi connectivity index (χ1n) is 9.05. The molecule has 1 atom stereocenters. The zero-order valence-corrected chi connectivity index (χ0v) is 17.2. The Bertz CT molecular complexity index is 904. The van der Waals surface area contributed by atoms with Gasteiger partial charge in [-0.2, -0.15) is 0 Å². The van der Waals surface area contributed by atoms with Crippen molar-refractivity contribution < 1.29 is 13.9 Å². The molecule has 0 spiro atoms. The second-order valence-electron chi connectivity index (χ2n) is 6.56. The average molecular weight is 401 g/mol. The van der Waals surface area contributed by atoms with Crippen molar-refractivity contribution in [3.63, 3.8) is 0 Å². The lowest BCUT2D eigenvalue weighted by atomic mass is 10.2. The van der Waals surface area contributed by atoms with Crippen LogP contribution in [0.25, 0.3) is 11.4 Å². The fourth-order valence-corrected chi connectivity index (χ4v) is 3.71. The van der Waals surface area contributed by atoms with E-state index in [1.54, 1.807) is 19.4 Å². The molecule has 3 aromatic rings. The molecule has 0 fully saturated rings. The van der Waals surface area contributed by atoms with Gasteiger partial charge in [0.05, 0.1) is 25.2 Å². The number of benzene rings is 1. The van der Waals surface area contributed by atoms with Crippen molar-refractivity contribution in [3.8, 4) is 17.1 Å². The van der Waals surface area contributed by atoms with Crippen molar-refractivity contribution >= 4 is 17.7 Å². The highest BCUT2D eigenvalue weighted by Gasteiger charge is 2.22. The summed E-state index contributed by atoms with van der Waals surface area (Å²) < 4.78 is 12.5. The number of rotatable bonds is 8. The number of carbonyl (C=O) groups is 1. The van der Waals surface area contributed by atoms with Crippen LogP contribution >= 0.6 is 11.8 Å². The third-order valence-corrected chi connectivity index (χ3v) is 5.25. The van der Waals surface area contributed by atoms with Crippen LogP contribution in [0.15, 0.2) is 52.2 Å². The van der Waals surface area contributed by atoms with E-state index in [2.05, 4.69) is 29.4 Å². The number of amides is 1. The Balaban J connectivity index is 1.74. The molecule has 8 heteroatoms. The number of ether oxygens (including phenoxy) is 1. The number of hydrogen-bond donors (Lipinski definition) is 1. The first kappa shape index (κ1) is 20.0. The van der Waals surface area contributed by atoms with Crippen molar-refractivity contribution in [3.05, 3.63) is 48.4 Å². The molecule has 0 bridgehead atoms. The van der Waals surface area contributed by atoms with Crippen LogP contribution in [0.5, 0.6) is 5.75 Å². The third kappa shape index (κ3) is 4.56. The molecule has 1 aromatic carbocycles. The quantitative estimate of drug-likeness (QED) is 0.577. The van der Waals surface area contributed by atoms with Crippen molar-refractivity contribution in [1.29, 1.82) is 0 Å². The molecule has 0 aliphatic carbocycles. The number of thioether (sulfide) groups is 1. The second kappa shape index (κ2) is 8.97. The molecule has 2 aromatic heterocycles. The van der Waals surface area contributed by atoms with Crippen LogP contribution in [0.1, 0.15) is 32.6 Å². The molecule has 1 N–H and O–H groups in total. The summed E-state index contributed by atoms with van der Waals surface area (Å²) in [7, 11) is 1.64. The van der Waals surface area contributed by atoms with E-state index < -0.39 is 0 Å². The van der Waals surface area contributed by atoms with Gasteiger partial charge in [-0.1, -0.05) is 11.8 Å². The Hall–Kier alpha value is -2.74. The minimum absolute atomic E-state index is 0.0781. The number of aromatic nitrogens is 3. The maximum atomic E-state index is 12.4. The molecular weight excluding hydrogens is 376 g/mol. The van der Waals surface area contributed by atoms with Gasteiger partial charge in [-0.3, -0.25) is 9.36 Å². The minimum atomic E-state index is -0.319. The summed E-state index contributed by atoms with van der Waals surface area (Å²) in [6.07, 6.45) is 1.59. The smallest absolute Gasteiger partial charge is 0.233 e. The van der Waals surface area contributed by atoms with Crippen LogP contribution in [0.2, 0.25) is 0 Å². The van der Waals surface area contributed by atoms with Gasteiger partial charge >= 0.3 is 0 Å². The van der Waals surface area contributed by atoms with E-state index in [4.69, 9.17) is 9.15 Å². The topological polar surface area (TPSA) is 82.2 Å². The van der Waals surface area contributed by atoms with E-state index in [1.165, 1.54) is 11.8 Å². The van der Waals surface area contributed by atoms with Crippen LogP contribution in [0, 0.1) is 0 Å². The molecule has 0 radical (unpaired) electrons. The number of nitrogens with zero attached hydrogens (tertiary/aromatic N) is 3. The standard InChI is InChI=1S/C20H24N4O3S/c1-13(2)24-18(15-7-9-16(26-4)10-8-15)22-23-20(24)28-14(3)19(25)21-12-17-6-5-11-27-17/h5-11,13-14H,12H2,1-4H3,(H,21,25)/t14-/m1/s1. The van der Waals surface area contributed by atoms with E-state index in [-0.39, 0.29) is 17.2 Å². The highest BCUT2D eigenvalue weighted by Crippen LogP contribution is 2.30. The molecule has 7 nitrogen and oxygen atoms in total. The predicted octanol–water partition coefficient (Wildman–Crippen LogP) is 3.92. The number of carbonyl (C=O) groups excluding carboxylic acids is 1. The fourth-order valence-electron chi connectivity index (χ4n) is 2.70. The van der Waals surface area contributed by atoms with Crippen molar-refractivity contribution in [2.45, 2.75) is 43.8 Å². The normalized spacial score (nSPS) is 12.2. The van der Waals surface area contributed by atoms with Gasteiger partial charge in [-0.05, 0) is 57.2 Å². The van der Waals surface area contributed by atoms with Crippen LogP contribution in [-0.4, -0.2) is 33.0 Å². The molecule has 1 amide bonds. The zero-order valence-electron chi connectivity index (χ0n) is 16.4. The molecule has 28 heavy (non-hydrogen) atoms. The lowest BCUT2D eigenvalue weighted by Crippen LogP contribution is -2.30. The number of hydrogen-bond acceptors (Lipinski definition) is 6. The van der Waals surface area contributed by atoms with E-state index in [9.17, 15) is 4.79 Å². The summed E-state index contributed by atoms with van der Waals surface area (Å²) in [4.78, 5) is 12.4. The Morgan fingerprint density at radius 1 is 1.21 bits per heavy atom. The van der Waals surface area contributed by atoms with E-state index >= 15 is 0 Å². The van der Waals surface area contributed by atoms with Gasteiger partial charge in [0.25, 0.3) is 0 Å². The first-order valence-corrected chi connectivity index (χ1v) is 9.93. The largest absolute Gasteiger partial charge is 0.497 e. The summed E-state index contributed by atoms with van der Waals surface area (Å²) in [5, 5.41) is 12.0. The van der Waals surface area contributed by atoms with Crippen molar-refractivity contribution in [2.24, 2.45) is 0 Å². The van der Waals surface area contributed by atoms with Crippen molar-refractivity contribution in [1.82, 2.24) is 20.1 Å². The Morgan fingerprint density at radius 3 is 2.57 bits per heavy atom. The molecule has 0 aliphatic heterocycles. The molecule has 0 saturated heterocycles. The van der Waals surface area contributed by atoms with Crippen molar-refractivity contribution in [2.75, 3.05) is 7.11 Å². The fraction of sp³-hybridized carbons (Fsp3) is 0.350. The molecule has 0 unspecified atom stereocenters. The van der Waals surface area contributed by atoms with Crippen LogP contribution in [0.3, 0.4) is 0 Å². The predicted molar refractivity (Wildman–Crippen MR) is 108 cm³/mol. The Morgan fingerprint density at radius 2 is 1.96 bits per heavy atom. The molecule has 2 heterocycles. The van der Waals surface area contributed by atoms with Gasteiger partial charge in [0.2, 0.25) is 5.91 Å². The number of methoxy groups -OCH3 is 1. The SMILES string of the molecule is COc1ccc(-c2nnc(S[C@H](C)C(=O)NCc3ccco3)n2C(C)C)cc1. The van der Waals surface area contributed by atoms with Gasteiger partial charge < -0.3 is 14.5 Å². The van der Waals surface area contributed by atoms with Gasteiger partial charge in [0.1, 0.15) is 11.5 Å². The highest BCUT2D eigenvalue weighted by molar-refractivity contribution is 8.00. The molecule has 148 valence electrons. The van der Waals surface area contributed by atoms with Crippen LogP contribution < -0.4 is 10.1 Å². The lowest BCUT2D eigenvalue weighted by molar-refractivity contribution is -0.120. The van der Waals surface area contributed by atoms with Gasteiger partial charge in [-0.15, -0.1) is 10.2 Å². The highest BCUT2D eigenvalue weighted by atomic mass is 32.2. The summed E-state index contributed by atoms with van der Waals surface area (Å²) in [5.41, 5.74) is 0.948. The molecule has 0 aliphatic rings. The second-order valence-corrected chi connectivity index (χ2v) is 7.86.